The zero-order valence-electron chi connectivity index (χ0n) is 18.6. The molecule has 0 radical (unpaired) electrons. The number of hydrogen-bond acceptors (Lipinski definition) is 4. The Morgan fingerprint density at radius 2 is 1.88 bits per heavy atom. The minimum Gasteiger partial charge on any atom is -0.349 e. The van der Waals surface area contributed by atoms with Gasteiger partial charge in [-0.3, -0.25) is 9.59 Å². The van der Waals surface area contributed by atoms with E-state index in [9.17, 15) is 9.59 Å². The summed E-state index contributed by atoms with van der Waals surface area (Å²) >= 11 is 6.52. The summed E-state index contributed by atoms with van der Waals surface area (Å²) in [4.78, 5) is 28.9. The fourth-order valence-corrected chi connectivity index (χ4v) is 4.00. The molecule has 1 aliphatic carbocycles. The minimum absolute atomic E-state index is 0.00240. The van der Waals surface area contributed by atoms with E-state index < -0.39 is 11.6 Å². The first-order valence-corrected chi connectivity index (χ1v) is 11.3. The Hall–Kier alpha value is -2.93. The molecule has 0 saturated heterocycles. The van der Waals surface area contributed by atoms with Gasteiger partial charge in [0.2, 0.25) is 11.8 Å². The lowest BCUT2D eigenvalue weighted by molar-refractivity contribution is -0.143. The fourth-order valence-electron chi connectivity index (χ4n) is 3.76. The lowest BCUT2D eigenvalue weighted by atomic mass is 9.98. The van der Waals surface area contributed by atoms with Crippen molar-refractivity contribution in [2.24, 2.45) is 0 Å². The van der Waals surface area contributed by atoms with E-state index in [0.29, 0.717) is 10.6 Å². The second-order valence-corrected chi connectivity index (χ2v) is 9.33. The van der Waals surface area contributed by atoms with Gasteiger partial charge in [0.05, 0.1) is 5.52 Å². The van der Waals surface area contributed by atoms with Crippen molar-refractivity contribution in [1.82, 2.24) is 25.2 Å². The molecule has 0 aliphatic heterocycles. The highest BCUT2D eigenvalue weighted by Gasteiger charge is 2.43. The number of para-hydroxylation sites is 1. The Morgan fingerprint density at radius 3 is 2.56 bits per heavy atom. The van der Waals surface area contributed by atoms with E-state index in [1.165, 1.54) is 0 Å². The van der Waals surface area contributed by atoms with Crippen LogP contribution in [0.3, 0.4) is 0 Å². The van der Waals surface area contributed by atoms with Crippen molar-refractivity contribution in [3.8, 4) is 0 Å². The first-order valence-electron chi connectivity index (χ1n) is 11.0. The van der Waals surface area contributed by atoms with Crippen LogP contribution in [0.4, 0.5) is 0 Å². The highest BCUT2D eigenvalue weighted by Crippen LogP contribution is 2.37. The third-order valence-electron chi connectivity index (χ3n) is 6.01. The van der Waals surface area contributed by atoms with E-state index in [0.717, 1.165) is 30.3 Å². The average Bonchev–Trinajstić information content (AvgIpc) is 3.53. The van der Waals surface area contributed by atoms with Crippen LogP contribution in [0.25, 0.3) is 11.0 Å². The first-order chi connectivity index (χ1) is 15.3. The number of halogens is 1. The number of aromatic nitrogens is 3. The van der Waals surface area contributed by atoms with Crippen LogP contribution in [0.2, 0.25) is 5.02 Å². The summed E-state index contributed by atoms with van der Waals surface area (Å²) in [5, 5.41) is 11.9. The molecule has 0 unspecified atom stereocenters. The van der Waals surface area contributed by atoms with Gasteiger partial charge in [-0.2, -0.15) is 0 Å². The van der Waals surface area contributed by atoms with Crippen LogP contribution in [0.1, 0.15) is 51.6 Å². The number of amides is 2. The summed E-state index contributed by atoms with van der Waals surface area (Å²) in [5.41, 5.74) is 1.73. The summed E-state index contributed by atoms with van der Waals surface area (Å²) in [7, 11) is 0. The molecule has 1 fully saturated rings. The summed E-state index contributed by atoms with van der Waals surface area (Å²) in [6.07, 6.45) is 2.47. The van der Waals surface area contributed by atoms with Crippen molar-refractivity contribution < 1.29 is 9.59 Å². The molecule has 1 saturated carbocycles. The van der Waals surface area contributed by atoms with Gasteiger partial charge < -0.3 is 10.2 Å². The Morgan fingerprint density at radius 1 is 1.19 bits per heavy atom. The van der Waals surface area contributed by atoms with Gasteiger partial charge in [0.25, 0.3) is 0 Å². The molecule has 3 aromatic rings. The van der Waals surface area contributed by atoms with Crippen molar-refractivity contribution in [3.05, 3.63) is 59.1 Å². The summed E-state index contributed by atoms with van der Waals surface area (Å²) in [5.74, 6) is -0.411. The molecule has 0 spiro atoms. The average molecular weight is 454 g/mol. The third kappa shape index (κ3) is 4.63. The zero-order chi connectivity index (χ0) is 22.9. The molecule has 4 rings (SSSR count). The molecule has 1 N–H and O–H groups in total. The minimum atomic E-state index is -0.815. The van der Waals surface area contributed by atoms with Gasteiger partial charge in [-0.1, -0.05) is 54.1 Å². The van der Waals surface area contributed by atoms with E-state index in [2.05, 4.69) is 15.6 Å². The number of rotatable bonds is 8. The molecule has 2 amide bonds. The molecule has 1 aromatic heterocycles. The van der Waals surface area contributed by atoms with Gasteiger partial charge in [-0.25, -0.2) is 4.68 Å². The molecule has 168 valence electrons. The van der Waals surface area contributed by atoms with Crippen LogP contribution < -0.4 is 5.32 Å². The van der Waals surface area contributed by atoms with E-state index in [4.69, 9.17) is 11.6 Å². The number of hydrogen-bond donors (Lipinski definition) is 1. The van der Waals surface area contributed by atoms with Crippen LogP contribution >= 0.6 is 11.6 Å². The molecule has 7 nitrogen and oxygen atoms in total. The summed E-state index contributed by atoms with van der Waals surface area (Å²) in [6, 6.07) is 13.9. The van der Waals surface area contributed by atoms with Crippen LogP contribution in [-0.4, -0.2) is 43.3 Å². The summed E-state index contributed by atoms with van der Waals surface area (Å²) in [6.45, 7) is 5.96. The van der Waals surface area contributed by atoms with Crippen LogP contribution in [0, 0.1) is 0 Å². The number of nitrogens with one attached hydrogen (secondary N) is 1. The fraction of sp³-hybridized carbons (Fsp3) is 0.417. The smallest absolute Gasteiger partial charge is 0.247 e. The van der Waals surface area contributed by atoms with Gasteiger partial charge in [0.1, 0.15) is 18.1 Å². The summed E-state index contributed by atoms with van der Waals surface area (Å²) < 4.78 is 1.59. The van der Waals surface area contributed by atoms with Gasteiger partial charge in [0, 0.05) is 22.2 Å². The number of benzene rings is 2. The lowest BCUT2D eigenvalue weighted by Gasteiger charge is -2.35. The van der Waals surface area contributed by atoms with Gasteiger partial charge in [0.15, 0.2) is 0 Å². The standard InChI is InChI=1S/C24H28ClN5O2/c1-4-24(2,3)26-23(32)22(17-9-5-6-10-18(17)25)30(16-13-14-16)21(31)15-29-20-12-8-7-11-19(20)27-28-29/h5-12,16,22H,4,13-15H2,1-3H3,(H,26,32)/t22-/m0/s1. The molecule has 1 aliphatic rings. The predicted octanol–water partition coefficient (Wildman–Crippen LogP) is 4.12. The van der Waals surface area contributed by atoms with Crippen molar-refractivity contribution in [2.45, 2.75) is 64.2 Å². The molecular formula is C24H28ClN5O2. The van der Waals surface area contributed by atoms with E-state index in [-0.39, 0.29) is 24.4 Å². The van der Waals surface area contributed by atoms with Crippen molar-refractivity contribution in [3.63, 3.8) is 0 Å². The van der Waals surface area contributed by atoms with Crippen LogP contribution in [0.15, 0.2) is 48.5 Å². The number of fused-ring (bicyclic) bond motifs is 1. The molecule has 8 heteroatoms. The van der Waals surface area contributed by atoms with Crippen LogP contribution in [0.5, 0.6) is 0 Å². The first kappa shape index (κ1) is 22.3. The highest BCUT2D eigenvalue weighted by atomic mass is 35.5. The maximum absolute atomic E-state index is 13.6. The largest absolute Gasteiger partial charge is 0.349 e. The maximum atomic E-state index is 13.6. The Labute approximate surface area is 192 Å². The Kier molecular flexibility index (Phi) is 6.20. The zero-order valence-corrected chi connectivity index (χ0v) is 19.3. The Bertz CT molecular complexity index is 1140. The van der Waals surface area contributed by atoms with Gasteiger partial charge >= 0.3 is 0 Å². The third-order valence-corrected chi connectivity index (χ3v) is 6.35. The van der Waals surface area contributed by atoms with E-state index >= 15 is 0 Å². The molecule has 1 heterocycles. The van der Waals surface area contributed by atoms with Crippen LogP contribution in [-0.2, 0) is 16.1 Å². The second kappa shape index (κ2) is 8.90. The Balaban J connectivity index is 1.70. The number of carbonyl (C=O) groups is 2. The lowest BCUT2D eigenvalue weighted by Crippen LogP contribution is -2.51. The quantitative estimate of drug-likeness (QED) is 0.556. The highest BCUT2D eigenvalue weighted by molar-refractivity contribution is 6.31. The number of nitrogens with zero attached hydrogens (tertiary/aromatic N) is 4. The maximum Gasteiger partial charge on any atom is 0.247 e. The predicted molar refractivity (Wildman–Crippen MR) is 124 cm³/mol. The molecule has 32 heavy (non-hydrogen) atoms. The topological polar surface area (TPSA) is 80.1 Å². The van der Waals surface area contributed by atoms with E-state index in [1.807, 2.05) is 63.2 Å². The van der Waals surface area contributed by atoms with Crippen molar-refractivity contribution >= 4 is 34.4 Å². The second-order valence-electron chi connectivity index (χ2n) is 8.92. The molecule has 0 bridgehead atoms. The van der Waals surface area contributed by atoms with Gasteiger partial charge in [-0.15, -0.1) is 5.10 Å². The van der Waals surface area contributed by atoms with Gasteiger partial charge in [-0.05, 0) is 51.3 Å². The normalized spacial score (nSPS) is 14.9. The van der Waals surface area contributed by atoms with E-state index in [1.54, 1.807) is 15.6 Å². The number of carbonyl (C=O) groups excluding carboxylic acids is 2. The molecule has 1 atom stereocenters. The molecular weight excluding hydrogens is 426 g/mol. The SMILES string of the molecule is CCC(C)(C)NC(=O)[C@H](c1ccccc1Cl)N(C(=O)Cn1nnc2ccccc21)C1CC1. The van der Waals surface area contributed by atoms with Crippen molar-refractivity contribution in [2.75, 3.05) is 0 Å². The van der Waals surface area contributed by atoms with Crippen molar-refractivity contribution in [1.29, 1.82) is 0 Å². The monoisotopic (exact) mass is 453 g/mol. The molecule has 2 aromatic carbocycles.